The molecule has 66 valence electrons. The van der Waals surface area contributed by atoms with Gasteiger partial charge in [0.05, 0.1) is 0 Å². The largest absolute Gasteiger partial charge is 0.0876 e. The highest BCUT2D eigenvalue weighted by atomic mass is 127. The van der Waals surface area contributed by atoms with Gasteiger partial charge in [-0.15, -0.1) is 0 Å². The molecule has 13 heavy (non-hydrogen) atoms. The topological polar surface area (TPSA) is 0 Å². The molecule has 2 rings (SSSR count). The first-order valence-electron chi connectivity index (χ1n) is 4.05. The molecule has 0 aliphatic carbocycles. The molecule has 2 aromatic carbocycles. The van der Waals surface area contributed by atoms with Crippen LogP contribution < -0.4 is 0 Å². The van der Waals surface area contributed by atoms with E-state index in [4.69, 9.17) is 0 Å². The second-order valence-corrected chi connectivity index (χ2v) is 4.61. The molecule has 0 aliphatic rings. The zero-order valence-electron chi connectivity index (χ0n) is 6.93. The van der Waals surface area contributed by atoms with Gasteiger partial charge in [-0.2, -0.15) is 0 Å². The zero-order chi connectivity index (χ0) is 9.26. The van der Waals surface area contributed by atoms with Crippen molar-refractivity contribution in [3.8, 4) is 0 Å². The maximum atomic E-state index is 3.51. The van der Waals surface area contributed by atoms with Gasteiger partial charge in [-0.3, -0.25) is 0 Å². The van der Waals surface area contributed by atoms with E-state index in [0.717, 1.165) is 5.33 Å². The number of hydrogen-bond donors (Lipinski definition) is 0. The summed E-state index contributed by atoms with van der Waals surface area (Å²) in [5.41, 5.74) is 1.36. The fraction of sp³-hybridized carbons (Fsp3) is 0.0909. The lowest BCUT2D eigenvalue weighted by molar-refractivity contribution is 1.48. The second kappa shape index (κ2) is 3.96. The van der Waals surface area contributed by atoms with E-state index in [1.54, 1.807) is 0 Å². The lowest BCUT2D eigenvalue weighted by Crippen LogP contribution is -1.84. The molecule has 2 aromatic rings. The van der Waals surface area contributed by atoms with Crippen LogP contribution >= 0.6 is 38.5 Å². The number of alkyl halides is 1. The van der Waals surface area contributed by atoms with E-state index >= 15 is 0 Å². The van der Waals surface area contributed by atoms with Crippen molar-refractivity contribution in [2.45, 2.75) is 5.33 Å². The molecule has 0 saturated heterocycles. The van der Waals surface area contributed by atoms with Crippen LogP contribution in [0, 0.1) is 3.57 Å². The Morgan fingerprint density at radius 1 is 1.08 bits per heavy atom. The Balaban J connectivity index is 2.87. The molecule has 0 bridgehead atoms. The minimum atomic E-state index is 0.921. The standard InChI is InChI=1S/C11H8BrI/c12-7-9-5-1-3-8-4-2-6-10(13)11(8)9/h1-6H,7H2. The van der Waals surface area contributed by atoms with Crippen LogP contribution in [0.25, 0.3) is 10.8 Å². The molecular weight excluding hydrogens is 339 g/mol. The normalized spacial score (nSPS) is 10.6. The molecule has 0 fully saturated rings. The average Bonchev–Trinajstić information content (AvgIpc) is 2.17. The van der Waals surface area contributed by atoms with Gasteiger partial charge in [0, 0.05) is 8.90 Å². The van der Waals surface area contributed by atoms with Crippen LogP contribution in [0.2, 0.25) is 0 Å². The Labute approximate surface area is 99.6 Å². The maximum absolute atomic E-state index is 3.51. The summed E-state index contributed by atoms with van der Waals surface area (Å²) in [6.45, 7) is 0. The summed E-state index contributed by atoms with van der Waals surface area (Å²) in [6.07, 6.45) is 0. The van der Waals surface area contributed by atoms with Crippen LogP contribution in [0.5, 0.6) is 0 Å². The number of fused-ring (bicyclic) bond motifs is 1. The molecule has 0 aliphatic heterocycles. The zero-order valence-corrected chi connectivity index (χ0v) is 10.7. The molecule has 0 amide bonds. The second-order valence-electron chi connectivity index (χ2n) is 2.89. The minimum absolute atomic E-state index is 0.921. The number of halogens is 2. The first-order valence-corrected chi connectivity index (χ1v) is 6.25. The van der Waals surface area contributed by atoms with Crippen LogP contribution in [0.4, 0.5) is 0 Å². The fourth-order valence-corrected chi connectivity index (χ4v) is 2.81. The van der Waals surface area contributed by atoms with Crippen molar-refractivity contribution >= 4 is 49.3 Å². The third-order valence-electron chi connectivity index (χ3n) is 2.08. The van der Waals surface area contributed by atoms with E-state index in [-0.39, 0.29) is 0 Å². The van der Waals surface area contributed by atoms with E-state index < -0.39 is 0 Å². The first kappa shape index (κ1) is 9.46. The predicted molar refractivity (Wildman–Crippen MR) is 69.3 cm³/mol. The van der Waals surface area contributed by atoms with E-state index in [9.17, 15) is 0 Å². The van der Waals surface area contributed by atoms with Crippen molar-refractivity contribution in [2.24, 2.45) is 0 Å². The third kappa shape index (κ3) is 1.74. The summed E-state index contributed by atoms with van der Waals surface area (Å²) >= 11 is 5.90. The van der Waals surface area contributed by atoms with Gasteiger partial charge in [0.25, 0.3) is 0 Å². The van der Waals surface area contributed by atoms with Crippen molar-refractivity contribution in [1.82, 2.24) is 0 Å². The summed E-state index contributed by atoms with van der Waals surface area (Å²) in [4.78, 5) is 0. The first-order chi connectivity index (χ1) is 6.33. The van der Waals surface area contributed by atoms with E-state index in [0.29, 0.717) is 0 Å². The molecule has 0 saturated carbocycles. The Morgan fingerprint density at radius 3 is 2.46 bits per heavy atom. The van der Waals surface area contributed by atoms with Gasteiger partial charge in [-0.1, -0.05) is 46.3 Å². The van der Waals surface area contributed by atoms with E-state index in [1.807, 2.05) is 0 Å². The summed E-state index contributed by atoms with van der Waals surface area (Å²) in [5.74, 6) is 0. The molecule has 0 radical (unpaired) electrons. The van der Waals surface area contributed by atoms with Crippen molar-refractivity contribution in [3.63, 3.8) is 0 Å². The Morgan fingerprint density at radius 2 is 1.77 bits per heavy atom. The molecule has 0 unspecified atom stereocenters. The Kier molecular flexibility index (Phi) is 2.89. The smallest absolute Gasteiger partial charge is 0.0289 e. The van der Waals surface area contributed by atoms with Gasteiger partial charge < -0.3 is 0 Å². The lowest BCUT2D eigenvalue weighted by Gasteiger charge is -2.04. The van der Waals surface area contributed by atoms with Crippen LogP contribution in [-0.2, 0) is 5.33 Å². The van der Waals surface area contributed by atoms with Crippen molar-refractivity contribution < 1.29 is 0 Å². The SMILES string of the molecule is BrCc1cccc2cccc(I)c12. The van der Waals surface area contributed by atoms with Gasteiger partial charge in [0.2, 0.25) is 0 Å². The number of hydrogen-bond acceptors (Lipinski definition) is 0. The van der Waals surface area contributed by atoms with Crippen LogP contribution in [0.1, 0.15) is 5.56 Å². The fourth-order valence-electron chi connectivity index (χ4n) is 1.48. The summed E-state index contributed by atoms with van der Waals surface area (Å²) in [7, 11) is 0. The minimum Gasteiger partial charge on any atom is -0.0876 e. The molecule has 2 heteroatoms. The van der Waals surface area contributed by atoms with Crippen molar-refractivity contribution in [1.29, 1.82) is 0 Å². The highest BCUT2D eigenvalue weighted by molar-refractivity contribution is 14.1. The van der Waals surface area contributed by atoms with Gasteiger partial charge in [-0.25, -0.2) is 0 Å². The van der Waals surface area contributed by atoms with Gasteiger partial charge in [-0.05, 0) is 45.0 Å². The molecule has 0 N–H and O–H groups in total. The molecular formula is C11H8BrI. The summed E-state index contributed by atoms with van der Waals surface area (Å²) in [6, 6.07) is 12.8. The van der Waals surface area contributed by atoms with Crippen LogP contribution in [0.3, 0.4) is 0 Å². The Hall–Kier alpha value is -0.0900. The Bertz CT molecular complexity index is 432. The molecule has 0 heterocycles. The van der Waals surface area contributed by atoms with E-state index in [2.05, 4.69) is 74.9 Å². The summed E-state index contributed by atoms with van der Waals surface area (Å²) < 4.78 is 1.32. The number of benzene rings is 2. The monoisotopic (exact) mass is 346 g/mol. The molecule has 0 spiro atoms. The van der Waals surface area contributed by atoms with Gasteiger partial charge in [0.15, 0.2) is 0 Å². The highest BCUT2D eigenvalue weighted by Crippen LogP contribution is 2.25. The predicted octanol–water partition coefficient (Wildman–Crippen LogP) is 4.34. The van der Waals surface area contributed by atoms with Crippen molar-refractivity contribution in [2.75, 3.05) is 0 Å². The third-order valence-corrected chi connectivity index (χ3v) is 3.59. The molecule has 0 nitrogen and oxygen atoms in total. The number of rotatable bonds is 1. The summed E-state index contributed by atoms with van der Waals surface area (Å²) in [5, 5.41) is 3.62. The maximum Gasteiger partial charge on any atom is 0.0289 e. The van der Waals surface area contributed by atoms with Gasteiger partial charge in [0.1, 0.15) is 0 Å². The van der Waals surface area contributed by atoms with Gasteiger partial charge >= 0.3 is 0 Å². The lowest BCUT2D eigenvalue weighted by atomic mass is 10.1. The van der Waals surface area contributed by atoms with Crippen LogP contribution in [-0.4, -0.2) is 0 Å². The van der Waals surface area contributed by atoms with Crippen molar-refractivity contribution in [3.05, 3.63) is 45.5 Å². The average molecular weight is 347 g/mol. The van der Waals surface area contributed by atoms with E-state index in [1.165, 1.54) is 19.9 Å². The van der Waals surface area contributed by atoms with Crippen LogP contribution in [0.15, 0.2) is 36.4 Å². The molecule has 0 atom stereocenters. The molecule has 0 aromatic heterocycles. The highest BCUT2D eigenvalue weighted by Gasteiger charge is 2.01. The quantitative estimate of drug-likeness (QED) is 0.532.